The Morgan fingerprint density at radius 3 is 2.70 bits per heavy atom. The Morgan fingerprint density at radius 1 is 1.17 bits per heavy atom. The molecule has 0 bridgehead atoms. The van der Waals surface area contributed by atoms with Crippen LogP contribution < -0.4 is 10.5 Å². The molecule has 0 aliphatic carbocycles. The Labute approximate surface area is 141 Å². The zero-order chi connectivity index (χ0) is 16.2. The Morgan fingerprint density at radius 2 is 1.96 bits per heavy atom. The number of pyridine rings is 1. The maximum atomic E-state index is 6.40. The summed E-state index contributed by atoms with van der Waals surface area (Å²) < 4.78 is 6.12. The molecule has 3 rings (SSSR count). The van der Waals surface area contributed by atoms with Gasteiger partial charge in [-0.1, -0.05) is 41.9 Å². The lowest BCUT2D eigenvalue weighted by atomic mass is 10.0. The van der Waals surface area contributed by atoms with Crippen LogP contribution in [0.4, 0.5) is 0 Å². The molecule has 4 heteroatoms. The Bertz CT molecular complexity index is 803. The Kier molecular flexibility index (Phi) is 4.79. The first kappa shape index (κ1) is 15.8. The molecule has 0 fully saturated rings. The van der Waals surface area contributed by atoms with Gasteiger partial charge in [-0.15, -0.1) is 0 Å². The highest BCUT2D eigenvalue weighted by atomic mass is 35.5. The SMILES string of the molecule is CC(N)Cc1cc(Cl)c2cccnc2c1OCc1ccccc1. The van der Waals surface area contributed by atoms with Crippen molar-refractivity contribution in [1.29, 1.82) is 0 Å². The molecule has 1 aromatic heterocycles. The van der Waals surface area contributed by atoms with Gasteiger partial charge in [0, 0.05) is 17.6 Å². The summed E-state index contributed by atoms with van der Waals surface area (Å²) >= 11 is 6.40. The number of rotatable bonds is 5. The van der Waals surface area contributed by atoms with Crippen molar-refractivity contribution >= 4 is 22.5 Å². The van der Waals surface area contributed by atoms with E-state index in [1.807, 2.05) is 55.5 Å². The number of benzene rings is 2. The topological polar surface area (TPSA) is 48.1 Å². The van der Waals surface area contributed by atoms with Gasteiger partial charge >= 0.3 is 0 Å². The lowest BCUT2D eigenvalue weighted by molar-refractivity contribution is 0.305. The van der Waals surface area contributed by atoms with E-state index in [2.05, 4.69) is 4.98 Å². The van der Waals surface area contributed by atoms with Crippen molar-refractivity contribution in [3.05, 3.63) is 70.9 Å². The molecule has 0 saturated heterocycles. The maximum absolute atomic E-state index is 6.40. The monoisotopic (exact) mass is 326 g/mol. The number of hydrogen-bond acceptors (Lipinski definition) is 3. The lowest BCUT2D eigenvalue weighted by Crippen LogP contribution is -2.18. The third-order valence-corrected chi connectivity index (χ3v) is 3.95. The molecule has 23 heavy (non-hydrogen) atoms. The van der Waals surface area contributed by atoms with Gasteiger partial charge in [0.25, 0.3) is 0 Å². The molecule has 0 radical (unpaired) electrons. The number of fused-ring (bicyclic) bond motifs is 1. The predicted octanol–water partition coefficient (Wildman–Crippen LogP) is 4.36. The molecule has 2 N–H and O–H groups in total. The summed E-state index contributed by atoms with van der Waals surface area (Å²) in [4.78, 5) is 4.47. The Hall–Kier alpha value is -2.10. The van der Waals surface area contributed by atoms with E-state index in [-0.39, 0.29) is 6.04 Å². The van der Waals surface area contributed by atoms with E-state index in [4.69, 9.17) is 22.1 Å². The number of nitrogens with zero attached hydrogens (tertiary/aromatic N) is 1. The van der Waals surface area contributed by atoms with E-state index in [0.717, 1.165) is 27.8 Å². The van der Waals surface area contributed by atoms with Crippen LogP contribution in [0.2, 0.25) is 5.02 Å². The van der Waals surface area contributed by atoms with Crippen molar-refractivity contribution < 1.29 is 4.74 Å². The number of halogens is 1. The molecule has 3 nitrogen and oxygen atoms in total. The number of nitrogens with two attached hydrogens (primary N) is 1. The zero-order valence-corrected chi connectivity index (χ0v) is 13.8. The first-order valence-electron chi connectivity index (χ1n) is 7.63. The lowest BCUT2D eigenvalue weighted by Gasteiger charge is -2.16. The summed E-state index contributed by atoms with van der Waals surface area (Å²) in [5, 5.41) is 1.57. The number of aromatic nitrogens is 1. The molecular weight excluding hydrogens is 308 g/mol. The summed E-state index contributed by atoms with van der Waals surface area (Å²) in [7, 11) is 0. The summed E-state index contributed by atoms with van der Waals surface area (Å²) in [5.74, 6) is 0.770. The van der Waals surface area contributed by atoms with Gasteiger partial charge in [0.15, 0.2) is 0 Å². The zero-order valence-electron chi connectivity index (χ0n) is 13.0. The van der Waals surface area contributed by atoms with Gasteiger partial charge in [-0.2, -0.15) is 0 Å². The van der Waals surface area contributed by atoms with Gasteiger partial charge in [-0.25, -0.2) is 0 Å². The van der Waals surface area contributed by atoms with Crippen LogP contribution in [0.3, 0.4) is 0 Å². The second-order valence-electron chi connectivity index (χ2n) is 5.70. The maximum Gasteiger partial charge on any atom is 0.149 e. The van der Waals surface area contributed by atoms with Gasteiger partial charge < -0.3 is 10.5 Å². The van der Waals surface area contributed by atoms with Crippen LogP contribution >= 0.6 is 11.6 Å². The van der Waals surface area contributed by atoms with Crippen molar-refractivity contribution in [2.45, 2.75) is 26.0 Å². The van der Waals surface area contributed by atoms with Crippen LogP contribution in [0.15, 0.2) is 54.7 Å². The molecular formula is C19H19ClN2O. The minimum absolute atomic E-state index is 0.0197. The number of hydrogen-bond donors (Lipinski definition) is 1. The minimum atomic E-state index is 0.0197. The fourth-order valence-electron chi connectivity index (χ4n) is 2.62. The molecule has 0 amide bonds. The highest BCUT2D eigenvalue weighted by Crippen LogP contribution is 2.35. The second kappa shape index (κ2) is 6.99. The van der Waals surface area contributed by atoms with E-state index in [0.29, 0.717) is 18.1 Å². The standard InChI is InChI=1S/C19H19ClN2O/c1-13(21)10-15-11-17(20)16-8-5-9-22-18(16)19(15)23-12-14-6-3-2-4-7-14/h2-9,11,13H,10,12,21H2,1H3. The molecule has 0 aliphatic heterocycles. The van der Waals surface area contributed by atoms with Gasteiger partial charge in [-0.3, -0.25) is 4.98 Å². The smallest absolute Gasteiger partial charge is 0.149 e. The largest absolute Gasteiger partial charge is 0.486 e. The van der Waals surface area contributed by atoms with Crippen molar-refractivity contribution in [1.82, 2.24) is 4.98 Å². The van der Waals surface area contributed by atoms with Crippen LogP contribution in [-0.4, -0.2) is 11.0 Å². The molecule has 1 heterocycles. The highest BCUT2D eigenvalue weighted by molar-refractivity contribution is 6.35. The van der Waals surface area contributed by atoms with Gasteiger partial charge in [0.05, 0.1) is 5.02 Å². The minimum Gasteiger partial charge on any atom is -0.486 e. The van der Waals surface area contributed by atoms with Crippen LogP contribution in [0.1, 0.15) is 18.1 Å². The number of ether oxygens (including phenoxy) is 1. The van der Waals surface area contributed by atoms with E-state index in [1.54, 1.807) is 6.20 Å². The average Bonchev–Trinajstić information content (AvgIpc) is 2.55. The van der Waals surface area contributed by atoms with Crippen molar-refractivity contribution in [2.75, 3.05) is 0 Å². The second-order valence-corrected chi connectivity index (χ2v) is 6.11. The molecule has 0 spiro atoms. The summed E-state index contributed by atoms with van der Waals surface area (Å²) in [6.07, 6.45) is 2.44. The average molecular weight is 327 g/mol. The predicted molar refractivity (Wildman–Crippen MR) is 94.9 cm³/mol. The first-order valence-corrected chi connectivity index (χ1v) is 8.01. The van der Waals surface area contributed by atoms with Crippen molar-refractivity contribution in [2.24, 2.45) is 5.73 Å². The van der Waals surface area contributed by atoms with E-state index >= 15 is 0 Å². The molecule has 118 valence electrons. The molecule has 1 atom stereocenters. The molecule has 0 aliphatic rings. The van der Waals surface area contributed by atoms with Gasteiger partial charge in [0.2, 0.25) is 0 Å². The summed E-state index contributed by atoms with van der Waals surface area (Å²) in [6.45, 7) is 2.46. The quantitative estimate of drug-likeness (QED) is 0.758. The third-order valence-electron chi connectivity index (χ3n) is 3.64. The molecule has 1 unspecified atom stereocenters. The normalized spacial score (nSPS) is 12.3. The fraction of sp³-hybridized carbons (Fsp3) is 0.211. The van der Waals surface area contributed by atoms with E-state index in [9.17, 15) is 0 Å². The summed E-state index contributed by atoms with van der Waals surface area (Å²) in [5.41, 5.74) is 8.86. The first-order chi connectivity index (χ1) is 11.1. The molecule has 3 aromatic rings. The van der Waals surface area contributed by atoms with E-state index < -0.39 is 0 Å². The van der Waals surface area contributed by atoms with Gasteiger partial charge in [0.1, 0.15) is 17.9 Å². The van der Waals surface area contributed by atoms with Gasteiger partial charge in [-0.05, 0) is 42.7 Å². The van der Waals surface area contributed by atoms with E-state index in [1.165, 1.54) is 0 Å². The van der Waals surface area contributed by atoms with Crippen LogP contribution in [0, 0.1) is 0 Å². The highest BCUT2D eigenvalue weighted by Gasteiger charge is 2.15. The Balaban J connectivity index is 2.02. The third kappa shape index (κ3) is 3.63. The van der Waals surface area contributed by atoms with Crippen molar-refractivity contribution in [3.63, 3.8) is 0 Å². The van der Waals surface area contributed by atoms with Crippen LogP contribution in [0.5, 0.6) is 5.75 Å². The van der Waals surface area contributed by atoms with Crippen LogP contribution in [-0.2, 0) is 13.0 Å². The van der Waals surface area contributed by atoms with Crippen molar-refractivity contribution in [3.8, 4) is 5.75 Å². The molecule has 2 aromatic carbocycles. The van der Waals surface area contributed by atoms with Crippen LogP contribution in [0.25, 0.3) is 10.9 Å². The summed E-state index contributed by atoms with van der Waals surface area (Å²) in [6, 6.07) is 15.9. The molecule has 0 saturated carbocycles. The fourth-order valence-corrected chi connectivity index (χ4v) is 2.90.